The van der Waals surface area contributed by atoms with Crippen molar-refractivity contribution >= 4 is 50.9 Å². The first kappa shape index (κ1) is 26.0. The molecule has 0 atom stereocenters. The third-order valence-corrected chi connectivity index (χ3v) is 8.43. The van der Waals surface area contributed by atoms with E-state index in [9.17, 15) is 14.4 Å². The molecule has 2 heterocycles. The molecule has 1 aliphatic rings. The van der Waals surface area contributed by atoms with Gasteiger partial charge in [0.2, 0.25) is 5.91 Å². The number of hydrogen-bond acceptors (Lipinski definition) is 8. The Morgan fingerprint density at radius 1 is 1.08 bits per heavy atom. The van der Waals surface area contributed by atoms with Crippen molar-refractivity contribution in [3.63, 3.8) is 0 Å². The molecule has 0 unspecified atom stereocenters. The van der Waals surface area contributed by atoms with Crippen molar-refractivity contribution in [3.8, 4) is 11.4 Å². The maximum atomic E-state index is 13.9. The first-order valence-corrected chi connectivity index (χ1v) is 14.2. The van der Waals surface area contributed by atoms with Gasteiger partial charge in [0.15, 0.2) is 5.16 Å². The number of esters is 1. The summed E-state index contributed by atoms with van der Waals surface area (Å²) in [5.41, 5.74) is 2.65. The second-order valence-corrected chi connectivity index (χ2v) is 10.8. The van der Waals surface area contributed by atoms with E-state index in [1.54, 1.807) is 66.3 Å². The van der Waals surface area contributed by atoms with Crippen LogP contribution in [0.25, 0.3) is 15.9 Å². The predicted molar refractivity (Wildman–Crippen MR) is 150 cm³/mol. The van der Waals surface area contributed by atoms with Crippen molar-refractivity contribution < 1.29 is 19.1 Å². The summed E-state index contributed by atoms with van der Waals surface area (Å²) >= 11 is 2.80. The van der Waals surface area contributed by atoms with E-state index in [1.807, 2.05) is 12.1 Å². The number of hydrogen-bond donors (Lipinski definition) is 1. The number of thiophene rings is 1. The average Bonchev–Trinajstić information content (AvgIpc) is 3.31. The lowest BCUT2D eigenvalue weighted by molar-refractivity contribution is -0.113. The Morgan fingerprint density at radius 2 is 1.82 bits per heavy atom. The van der Waals surface area contributed by atoms with E-state index in [2.05, 4.69) is 5.32 Å². The lowest BCUT2D eigenvalue weighted by Crippen LogP contribution is -2.23. The van der Waals surface area contributed by atoms with Gasteiger partial charge in [-0.3, -0.25) is 14.2 Å². The Kier molecular flexibility index (Phi) is 7.80. The second kappa shape index (κ2) is 11.4. The third kappa shape index (κ3) is 5.32. The smallest absolute Gasteiger partial charge is 0.338 e. The predicted octanol–water partition coefficient (Wildman–Crippen LogP) is 5.24. The number of amides is 1. The van der Waals surface area contributed by atoms with Gasteiger partial charge in [-0.2, -0.15) is 0 Å². The van der Waals surface area contributed by atoms with Gasteiger partial charge in [-0.15, -0.1) is 11.3 Å². The van der Waals surface area contributed by atoms with Crippen LogP contribution in [-0.4, -0.2) is 40.9 Å². The van der Waals surface area contributed by atoms with Gasteiger partial charge in [0, 0.05) is 10.6 Å². The van der Waals surface area contributed by atoms with E-state index in [0.29, 0.717) is 39.8 Å². The van der Waals surface area contributed by atoms with Gasteiger partial charge in [0.25, 0.3) is 5.56 Å². The minimum atomic E-state index is -0.408. The normalized spacial score (nSPS) is 12.7. The molecule has 0 fully saturated rings. The van der Waals surface area contributed by atoms with Gasteiger partial charge in [-0.25, -0.2) is 9.78 Å². The number of carbonyl (C=O) groups is 2. The lowest BCUT2D eigenvalue weighted by Gasteiger charge is -2.14. The van der Waals surface area contributed by atoms with Crippen LogP contribution in [0.15, 0.2) is 58.5 Å². The van der Waals surface area contributed by atoms with Gasteiger partial charge in [0.1, 0.15) is 10.6 Å². The van der Waals surface area contributed by atoms with E-state index < -0.39 is 5.97 Å². The number of aromatic nitrogens is 2. The summed E-state index contributed by atoms with van der Waals surface area (Å²) in [6.07, 6.45) is 4.05. The fraction of sp³-hybridized carbons (Fsp3) is 0.286. The number of thioether (sulfide) groups is 1. The first-order chi connectivity index (χ1) is 18.5. The summed E-state index contributed by atoms with van der Waals surface area (Å²) in [5.74, 6) is 0.0826. The van der Waals surface area contributed by atoms with Crippen molar-refractivity contribution in [3.05, 3.63) is 74.9 Å². The van der Waals surface area contributed by atoms with Gasteiger partial charge in [-0.05, 0) is 86.7 Å². The topological polar surface area (TPSA) is 99.5 Å². The van der Waals surface area contributed by atoms with Crippen LogP contribution in [0.3, 0.4) is 0 Å². The van der Waals surface area contributed by atoms with E-state index >= 15 is 0 Å². The number of anilines is 1. The summed E-state index contributed by atoms with van der Waals surface area (Å²) in [7, 11) is 1.59. The Hall–Kier alpha value is -3.63. The Bertz CT molecular complexity index is 1540. The highest BCUT2D eigenvalue weighted by Gasteiger charge is 2.23. The Balaban J connectivity index is 1.42. The fourth-order valence-corrected chi connectivity index (χ4v) is 6.59. The molecule has 2 aromatic carbocycles. The van der Waals surface area contributed by atoms with Crippen LogP contribution in [-0.2, 0) is 22.4 Å². The number of carbonyl (C=O) groups excluding carboxylic acids is 2. The molecule has 1 aliphatic carbocycles. The van der Waals surface area contributed by atoms with Crippen molar-refractivity contribution in [1.29, 1.82) is 0 Å². The van der Waals surface area contributed by atoms with Gasteiger partial charge >= 0.3 is 5.97 Å². The fourth-order valence-electron chi connectivity index (χ4n) is 4.47. The zero-order valence-corrected chi connectivity index (χ0v) is 22.7. The molecule has 1 N–H and O–H groups in total. The average molecular weight is 550 g/mol. The number of benzene rings is 2. The summed E-state index contributed by atoms with van der Waals surface area (Å²) in [6.45, 7) is 2.04. The van der Waals surface area contributed by atoms with E-state index in [4.69, 9.17) is 14.5 Å². The maximum Gasteiger partial charge on any atom is 0.338 e. The van der Waals surface area contributed by atoms with E-state index in [-0.39, 0.29) is 17.2 Å². The van der Waals surface area contributed by atoms with Crippen LogP contribution in [0.2, 0.25) is 0 Å². The minimum absolute atomic E-state index is 0.0544. The van der Waals surface area contributed by atoms with Crippen LogP contribution in [0.1, 0.15) is 40.6 Å². The number of methoxy groups -OCH3 is 1. The zero-order chi connectivity index (χ0) is 26.6. The SMILES string of the molecule is CCOC(=O)c1ccc(NC(=O)CSc2nc3sc4c(c3c(=O)n2-c2ccc(OC)cc2)CCCC4)cc1. The molecule has 0 spiro atoms. The van der Waals surface area contributed by atoms with Crippen molar-refractivity contribution in [2.24, 2.45) is 0 Å². The molecule has 1 amide bonds. The summed E-state index contributed by atoms with van der Waals surface area (Å²) in [4.78, 5) is 45.3. The third-order valence-electron chi connectivity index (χ3n) is 6.30. The second-order valence-electron chi connectivity index (χ2n) is 8.76. The molecule has 4 aromatic rings. The monoisotopic (exact) mass is 549 g/mol. The highest BCUT2D eigenvalue weighted by Crippen LogP contribution is 2.35. The van der Waals surface area contributed by atoms with E-state index in [0.717, 1.165) is 36.1 Å². The molecule has 2 aromatic heterocycles. The molecule has 0 aliphatic heterocycles. The highest BCUT2D eigenvalue weighted by molar-refractivity contribution is 7.99. The van der Waals surface area contributed by atoms with Crippen molar-refractivity contribution in [2.45, 2.75) is 37.8 Å². The highest BCUT2D eigenvalue weighted by atomic mass is 32.2. The number of fused-ring (bicyclic) bond motifs is 3. The molecule has 38 heavy (non-hydrogen) atoms. The molecule has 0 saturated heterocycles. The van der Waals surface area contributed by atoms with Crippen LogP contribution in [0.4, 0.5) is 5.69 Å². The molecule has 8 nitrogen and oxygen atoms in total. The van der Waals surface area contributed by atoms with Gasteiger partial charge < -0.3 is 14.8 Å². The molecule has 0 bridgehead atoms. The molecule has 0 radical (unpaired) electrons. The summed E-state index contributed by atoms with van der Waals surface area (Å²) in [6, 6.07) is 13.8. The number of rotatable bonds is 8. The summed E-state index contributed by atoms with van der Waals surface area (Å²) < 4.78 is 11.9. The van der Waals surface area contributed by atoms with Crippen molar-refractivity contribution in [2.75, 3.05) is 24.8 Å². The number of aryl methyl sites for hydroxylation is 2. The molecule has 5 rings (SSSR count). The first-order valence-electron chi connectivity index (χ1n) is 12.4. The minimum Gasteiger partial charge on any atom is -0.497 e. The maximum absolute atomic E-state index is 13.9. The largest absolute Gasteiger partial charge is 0.497 e. The van der Waals surface area contributed by atoms with Crippen LogP contribution in [0.5, 0.6) is 5.75 Å². The molecular formula is C28H27N3O5S2. The van der Waals surface area contributed by atoms with Gasteiger partial charge in [0.05, 0.1) is 36.1 Å². The molecule has 0 saturated carbocycles. The number of ether oxygens (including phenoxy) is 2. The number of nitrogens with one attached hydrogen (secondary N) is 1. The quantitative estimate of drug-likeness (QED) is 0.182. The molecule has 10 heteroatoms. The lowest BCUT2D eigenvalue weighted by atomic mass is 9.97. The number of nitrogens with zero attached hydrogens (tertiary/aromatic N) is 2. The van der Waals surface area contributed by atoms with Gasteiger partial charge in [-0.1, -0.05) is 11.8 Å². The zero-order valence-electron chi connectivity index (χ0n) is 21.1. The summed E-state index contributed by atoms with van der Waals surface area (Å²) in [5, 5.41) is 3.98. The van der Waals surface area contributed by atoms with Crippen LogP contribution in [0, 0.1) is 0 Å². The van der Waals surface area contributed by atoms with E-state index in [1.165, 1.54) is 16.6 Å². The van der Waals surface area contributed by atoms with Crippen LogP contribution < -0.4 is 15.6 Å². The Morgan fingerprint density at radius 3 is 2.53 bits per heavy atom. The standard InChI is InChI=1S/C28H27N3O5S2/c1-3-36-27(34)17-8-10-18(11-9-17)29-23(32)16-37-28-30-25-24(21-6-4-5-7-22(21)38-25)26(33)31(28)19-12-14-20(35-2)15-13-19/h8-15H,3-7,16H2,1-2H3,(H,29,32). The Labute approximate surface area is 228 Å². The van der Waals surface area contributed by atoms with Crippen LogP contribution >= 0.6 is 23.1 Å². The molecular weight excluding hydrogens is 522 g/mol. The molecule has 196 valence electrons. The van der Waals surface area contributed by atoms with Crippen molar-refractivity contribution in [1.82, 2.24) is 9.55 Å².